The summed E-state index contributed by atoms with van der Waals surface area (Å²) < 4.78 is 37.4. The molecule has 0 aromatic carbocycles. The van der Waals surface area contributed by atoms with E-state index < -0.39 is 11.9 Å². The van der Waals surface area contributed by atoms with E-state index in [1.807, 2.05) is 0 Å². The van der Waals surface area contributed by atoms with Crippen molar-refractivity contribution in [3.8, 4) is 0 Å². The van der Waals surface area contributed by atoms with Gasteiger partial charge in [-0.05, 0) is 44.0 Å². The summed E-state index contributed by atoms with van der Waals surface area (Å²) in [6.45, 7) is 3.87. The molecule has 0 spiro atoms. The Balaban J connectivity index is 1.71. The molecule has 0 saturated carbocycles. The van der Waals surface area contributed by atoms with E-state index in [1.54, 1.807) is 0 Å². The molecular formula is C13H17F3N4. The zero-order valence-corrected chi connectivity index (χ0v) is 11.3. The van der Waals surface area contributed by atoms with Crippen LogP contribution in [0.2, 0.25) is 0 Å². The lowest BCUT2D eigenvalue weighted by molar-refractivity contribution is -0.141. The van der Waals surface area contributed by atoms with Gasteiger partial charge in [0.1, 0.15) is 0 Å². The molecular weight excluding hydrogens is 269 g/mol. The summed E-state index contributed by atoms with van der Waals surface area (Å²) in [6.07, 6.45) is -3.28. The third-order valence-corrected chi connectivity index (χ3v) is 4.27. The molecule has 3 heterocycles. The molecule has 0 amide bonds. The Hall–Kier alpha value is -1.37. The first-order valence-electron chi connectivity index (χ1n) is 6.78. The quantitative estimate of drug-likeness (QED) is 0.789. The fraction of sp³-hybridized carbons (Fsp3) is 0.692. The summed E-state index contributed by atoms with van der Waals surface area (Å²) in [5.41, 5.74) is -0.933. The third kappa shape index (κ3) is 2.59. The Kier molecular flexibility index (Phi) is 3.32. The minimum Gasteiger partial charge on any atom is -0.355 e. The van der Waals surface area contributed by atoms with E-state index >= 15 is 0 Å². The van der Waals surface area contributed by atoms with E-state index in [2.05, 4.69) is 27.0 Å². The first kappa shape index (κ1) is 13.6. The monoisotopic (exact) mass is 286 g/mol. The molecule has 4 nitrogen and oxygen atoms in total. The van der Waals surface area contributed by atoms with Gasteiger partial charge in [-0.25, -0.2) is 0 Å². The van der Waals surface area contributed by atoms with Crippen molar-refractivity contribution in [1.29, 1.82) is 0 Å². The number of hydrogen-bond donors (Lipinski definition) is 0. The maximum Gasteiger partial charge on any atom is 0.435 e. The van der Waals surface area contributed by atoms with Crippen LogP contribution in [0.1, 0.15) is 12.1 Å². The molecule has 1 aromatic rings. The zero-order valence-electron chi connectivity index (χ0n) is 11.3. The van der Waals surface area contributed by atoms with Gasteiger partial charge in [-0.1, -0.05) is 0 Å². The van der Waals surface area contributed by atoms with Crippen LogP contribution in [0.15, 0.2) is 12.1 Å². The number of anilines is 1. The summed E-state index contributed by atoms with van der Waals surface area (Å²) >= 11 is 0. The molecule has 7 heteroatoms. The second-order valence-electron chi connectivity index (χ2n) is 5.75. The van der Waals surface area contributed by atoms with Crippen LogP contribution in [0.4, 0.5) is 19.0 Å². The second-order valence-corrected chi connectivity index (χ2v) is 5.75. The normalized spacial score (nSPS) is 27.7. The Morgan fingerprint density at radius 3 is 2.50 bits per heavy atom. The molecule has 3 rings (SSSR count). The first-order valence-corrected chi connectivity index (χ1v) is 6.78. The number of rotatable bonds is 1. The van der Waals surface area contributed by atoms with Crippen molar-refractivity contribution in [2.45, 2.75) is 12.6 Å². The molecule has 2 atom stereocenters. The fourth-order valence-corrected chi connectivity index (χ4v) is 3.18. The Bertz CT molecular complexity index is 473. The van der Waals surface area contributed by atoms with Crippen LogP contribution >= 0.6 is 0 Å². The molecule has 2 aliphatic rings. The number of likely N-dealkylation sites (tertiary alicyclic amines) is 1. The molecule has 2 aliphatic heterocycles. The van der Waals surface area contributed by atoms with Gasteiger partial charge in [-0.3, -0.25) is 0 Å². The van der Waals surface area contributed by atoms with Crippen LogP contribution in [-0.2, 0) is 6.18 Å². The van der Waals surface area contributed by atoms with E-state index in [4.69, 9.17) is 0 Å². The molecule has 0 unspecified atom stereocenters. The van der Waals surface area contributed by atoms with E-state index in [0.717, 1.165) is 38.7 Å². The average Bonchev–Trinajstić information content (AvgIpc) is 2.80. The number of hydrogen-bond acceptors (Lipinski definition) is 4. The summed E-state index contributed by atoms with van der Waals surface area (Å²) in [6, 6.07) is 2.44. The van der Waals surface area contributed by atoms with Gasteiger partial charge in [0.2, 0.25) is 0 Å². The summed E-state index contributed by atoms with van der Waals surface area (Å²) in [4.78, 5) is 4.37. The molecule has 2 fully saturated rings. The summed E-state index contributed by atoms with van der Waals surface area (Å²) in [7, 11) is 2.11. The van der Waals surface area contributed by atoms with Crippen LogP contribution in [0, 0.1) is 11.8 Å². The lowest BCUT2D eigenvalue weighted by atomic mass is 9.89. The number of aromatic nitrogens is 2. The van der Waals surface area contributed by atoms with Crippen molar-refractivity contribution in [2.24, 2.45) is 11.8 Å². The predicted octanol–water partition coefficient (Wildman–Crippen LogP) is 1.88. The molecule has 2 saturated heterocycles. The first-order chi connectivity index (χ1) is 9.43. The molecule has 1 aromatic heterocycles. The fourth-order valence-electron chi connectivity index (χ4n) is 3.18. The van der Waals surface area contributed by atoms with Gasteiger partial charge in [-0.15, -0.1) is 10.2 Å². The highest BCUT2D eigenvalue weighted by molar-refractivity contribution is 5.39. The van der Waals surface area contributed by atoms with Crippen molar-refractivity contribution >= 4 is 5.82 Å². The number of fused-ring (bicyclic) bond motifs is 1. The largest absolute Gasteiger partial charge is 0.435 e. The van der Waals surface area contributed by atoms with Gasteiger partial charge in [0, 0.05) is 19.6 Å². The zero-order chi connectivity index (χ0) is 14.3. The third-order valence-electron chi connectivity index (χ3n) is 4.27. The van der Waals surface area contributed by atoms with Gasteiger partial charge in [-0.2, -0.15) is 13.2 Å². The topological polar surface area (TPSA) is 32.3 Å². The Morgan fingerprint density at radius 1 is 1.10 bits per heavy atom. The number of alkyl halides is 3. The summed E-state index contributed by atoms with van der Waals surface area (Å²) in [5, 5.41) is 7.05. The van der Waals surface area contributed by atoms with E-state index in [-0.39, 0.29) is 0 Å². The van der Waals surface area contributed by atoms with Crippen LogP contribution in [0.25, 0.3) is 0 Å². The van der Waals surface area contributed by atoms with Crippen molar-refractivity contribution in [2.75, 3.05) is 38.1 Å². The maximum atomic E-state index is 12.5. The second kappa shape index (κ2) is 4.87. The van der Waals surface area contributed by atoms with E-state index in [1.165, 1.54) is 6.07 Å². The summed E-state index contributed by atoms with van der Waals surface area (Å²) in [5.74, 6) is 1.75. The van der Waals surface area contributed by atoms with Crippen molar-refractivity contribution in [3.63, 3.8) is 0 Å². The molecule has 0 N–H and O–H groups in total. The highest BCUT2D eigenvalue weighted by Gasteiger charge is 2.37. The number of piperidine rings is 1. The lowest BCUT2D eigenvalue weighted by Crippen LogP contribution is -2.37. The molecule has 110 valence electrons. The van der Waals surface area contributed by atoms with E-state index in [9.17, 15) is 13.2 Å². The minimum atomic E-state index is -4.42. The van der Waals surface area contributed by atoms with Gasteiger partial charge in [0.25, 0.3) is 0 Å². The standard InChI is InChI=1S/C13H17F3N4/c1-19-5-4-9-7-20(8-10(9)6-19)12-3-2-11(17-18-12)13(14,15)16/h2-3,9-10H,4-8H2,1H3/t9-,10+/m1/s1. The van der Waals surface area contributed by atoms with Crippen molar-refractivity contribution in [3.05, 3.63) is 17.8 Å². The van der Waals surface area contributed by atoms with Crippen LogP contribution in [0.3, 0.4) is 0 Å². The van der Waals surface area contributed by atoms with Crippen LogP contribution in [0.5, 0.6) is 0 Å². The van der Waals surface area contributed by atoms with Crippen molar-refractivity contribution < 1.29 is 13.2 Å². The van der Waals surface area contributed by atoms with Gasteiger partial charge < -0.3 is 9.80 Å². The molecule has 0 bridgehead atoms. The minimum absolute atomic E-state index is 0.551. The Morgan fingerprint density at radius 2 is 1.85 bits per heavy atom. The van der Waals surface area contributed by atoms with Gasteiger partial charge in [0.05, 0.1) is 0 Å². The van der Waals surface area contributed by atoms with Crippen molar-refractivity contribution in [1.82, 2.24) is 15.1 Å². The SMILES string of the molecule is CN1CC[C@@H]2CN(c3ccc(C(F)(F)F)nn3)C[C@@H]2C1. The number of halogens is 3. The average molecular weight is 286 g/mol. The van der Waals surface area contributed by atoms with E-state index in [0.29, 0.717) is 17.7 Å². The lowest BCUT2D eigenvalue weighted by Gasteiger charge is -2.31. The Labute approximate surface area is 115 Å². The van der Waals surface area contributed by atoms with Gasteiger partial charge >= 0.3 is 6.18 Å². The molecule has 20 heavy (non-hydrogen) atoms. The number of nitrogens with zero attached hydrogens (tertiary/aromatic N) is 4. The maximum absolute atomic E-state index is 12.5. The highest BCUT2D eigenvalue weighted by Crippen LogP contribution is 2.33. The highest BCUT2D eigenvalue weighted by atomic mass is 19.4. The molecule has 0 aliphatic carbocycles. The smallest absolute Gasteiger partial charge is 0.355 e. The van der Waals surface area contributed by atoms with Gasteiger partial charge in [0.15, 0.2) is 11.5 Å². The predicted molar refractivity (Wildman–Crippen MR) is 68.3 cm³/mol. The van der Waals surface area contributed by atoms with Crippen LogP contribution < -0.4 is 4.90 Å². The van der Waals surface area contributed by atoms with Crippen LogP contribution in [-0.4, -0.2) is 48.3 Å². The molecule has 0 radical (unpaired) electrons.